The number of hydrogen-bond acceptors (Lipinski definition) is 0. The summed E-state index contributed by atoms with van der Waals surface area (Å²) in [5.41, 5.74) is 4.08. The maximum atomic E-state index is 2.55. The Balaban J connectivity index is 1.76. The Bertz CT molecular complexity index is 1000. The Labute approximate surface area is 150 Å². The van der Waals surface area contributed by atoms with E-state index in [9.17, 15) is 0 Å². The second-order valence-electron chi connectivity index (χ2n) is 7.21. The van der Waals surface area contributed by atoms with Crippen LogP contribution in [0.25, 0.3) is 32.8 Å². The summed E-state index contributed by atoms with van der Waals surface area (Å²) < 4.78 is 4.92. The molecule has 0 aliphatic rings. The number of benzene rings is 2. The molecule has 0 radical (unpaired) electrons. The summed E-state index contributed by atoms with van der Waals surface area (Å²) in [7, 11) is 2.21. The highest BCUT2D eigenvalue weighted by molar-refractivity contribution is 6.21. The van der Waals surface area contributed by atoms with E-state index in [1.807, 2.05) is 0 Å². The van der Waals surface area contributed by atoms with Crippen molar-refractivity contribution < 1.29 is 0 Å². The summed E-state index contributed by atoms with van der Waals surface area (Å²) in [6.45, 7) is 3.39. The quantitative estimate of drug-likeness (QED) is 0.335. The molecule has 0 fully saturated rings. The molecule has 2 nitrogen and oxygen atoms in total. The second-order valence-corrected chi connectivity index (χ2v) is 7.21. The number of aromatic nitrogens is 2. The first-order valence-corrected chi connectivity index (χ1v) is 9.77. The lowest BCUT2D eigenvalue weighted by atomic mass is 10.1. The molecule has 0 atom stereocenters. The summed E-state index contributed by atoms with van der Waals surface area (Å²) in [5.74, 6) is 0. The highest BCUT2D eigenvalue weighted by Crippen LogP contribution is 2.36. The molecule has 0 unspecified atom stereocenters. The Kier molecular flexibility index (Phi) is 4.52. The zero-order valence-electron chi connectivity index (χ0n) is 15.5. The van der Waals surface area contributed by atoms with Gasteiger partial charge in [0, 0.05) is 29.8 Å². The van der Waals surface area contributed by atoms with Crippen molar-refractivity contribution >= 4 is 32.8 Å². The van der Waals surface area contributed by atoms with Crippen LogP contribution in [0.3, 0.4) is 0 Å². The van der Waals surface area contributed by atoms with E-state index in [4.69, 9.17) is 0 Å². The maximum absolute atomic E-state index is 2.55. The Hall–Kier alpha value is -2.22. The lowest BCUT2D eigenvalue weighted by Gasteiger charge is -2.09. The van der Waals surface area contributed by atoms with Crippen molar-refractivity contribution in [3.8, 4) is 0 Å². The predicted molar refractivity (Wildman–Crippen MR) is 109 cm³/mol. The van der Waals surface area contributed by atoms with Gasteiger partial charge >= 0.3 is 0 Å². The summed E-state index contributed by atoms with van der Waals surface area (Å²) in [5, 5.41) is 4.18. The van der Waals surface area contributed by atoms with Crippen molar-refractivity contribution in [1.29, 1.82) is 0 Å². The molecule has 0 aliphatic carbocycles. The van der Waals surface area contributed by atoms with Crippen molar-refractivity contribution in [3.63, 3.8) is 0 Å². The maximum Gasteiger partial charge on any atom is 0.122 e. The monoisotopic (exact) mass is 332 g/mol. The van der Waals surface area contributed by atoms with Crippen molar-refractivity contribution in [2.75, 3.05) is 0 Å². The van der Waals surface area contributed by atoms with Crippen LogP contribution >= 0.6 is 0 Å². The number of nitrogens with zero attached hydrogens (tertiary/aromatic N) is 2. The number of aryl methyl sites for hydroxylation is 2. The van der Waals surface area contributed by atoms with Crippen LogP contribution in [0, 0.1) is 0 Å². The van der Waals surface area contributed by atoms with E-state index >= 15 is 0 Å². The van der Waals surface area contributed by atoms with Crippen LogP contribution in [0.4, 0.5) is 0 Å². The van der Waals surface area contributed by atoms with Crippen LogP contribution in [0.15, 0.2) is 48.5 Å². The zero-order valence-corrected chi connectivity index (χ0v) is 15.5. The van der Waals surface area contributed by atoms with Crippen LogP contribution in [0.5, 0.6) is 0 Å². The number of para-hydroxylation sites is 2. The molecule has 0 amide bonds. The average Bonchev–Trinajstić information content (AvgIpc) is 3.13. The first-order chi connectivity index (χ1) is 12.3. The Morgan fingerprint density at radius 3 is 2.08 bits per heavy atom. The number of hydrogen-bond donors (Lipinski definition) is 0. The molecule has 2 heterocycles. The Morgan fingerprint density at radius 2 is 1.32 bits per heavy atom. The van der Waals surface area contributed by atoms with Gasteiger partial charge in [0.05, 0.1) is 11.0 Å². The highest BCUT2D eigenvalue weighted by Gasteiger charge is 2.17. The normalized spacial score (nSPS) is 11.9. The standard InChI is InChI=1S/C23H28N2/c1-3-4-5-6-7-12-17-25-21-16-11-9-14-19(21)22-18-13-8-10-15-20(18)24(2)23(22)25/h8-11,13-16H,3-7,12,17H2,1-2H3. The molecule has 0 aliphatic heterocycles. The van der Waals surface area contributed by atoms with E-state index in [-0.39, 0.29) is 0 Å². The van der Waals surface area contributed by atoms with E-state index in [2.05, 4.69) is 71.6 Å². The second kappa shape index (κ2) is 6.95. The van der Waals surface area contributed by atoms with E-state index in [0.29, 0.717) is 0 Å². The molecule has 2 heteroatoms. The first-order valence-electron chi connectivity index (χ1n) is 9.77. The molecule has 130 valence electrons. The molecular weight excluding hydrogens is 304 g/mol. The fraction of sp³-hybridized carbons (Fsp3) is 0.391. The van der Waals surface area contributed by atoms with Gasteiger partial charge in [-0.15, -0.1) is 0 Å². The molecule has 0 saturated carbocycles. The van der Waals surface area contributed by atoms with E-state index in [1.54, 1.807) is 0 Å². The van der Waals surface area contributed by atoms with Gasteiger partial charge in [-0.1, -0.05) is 75.4 Å². The van der Waals surface area contributed by atoms with Gasteiger partial charge in [0.2, 0.25) is 0 Å². The smallest absolute Gasteiger partial charge is 0.122 e. The molecule has 0 saturated heterocycles. The first kappa shape index (κ1) is 16.3. The van der Waals surface area contributed by atoms with Crippen molar-refractivity contribution in [2.45, 2.75) is 52.0 Å². The van der Waals surface area contributed by atoms with Crippen molar-refractivity contribution in [1.82, 2.24) is 9.13 Å². The molecular formula is C23H28N2. The Morgan fingerprint density at radius 1 is 0.720 bits per heavy atom. The van der Waals surface area contributed by atoms with Crippen LogP contribution in [0.1, 0.15) is 45.4 Å². The van der Waals surface area contributed by atoms with Gasteiger partial charge in [-0.2, -0.15) is 0 Å². The summed E-state index contributed by atoms with van der Waals surface area (Å²) in [4.78, 5) is 0. The fourth-order valence-electron chi connectivity index (χ4n) is 4.27. The minimum Gasteiger partial charge on any atom is -0.330 e. The SMILES string of the molecule is CCCCCCCCn1c2ccccc2c2c3ccccc3n(C)c21. The van der Waals surface area contributed by atoms with Gasteiger partial charge in [0.1, 0.15) is 5.65 Å². The van der Waals surface area contributed by atoms with Crippen LogP contribution in [-0.4, -0.2) is 9.13 Å². The molecule has 4 aromatic rings. The van der Waals surface area contributed by atoms with Crippen LogP contribution < -0.4 is 0 Å². The zero-order chi connectivity index (χ0) is 17.2. The van der Waals surface area contributed by atoms with E-state index < -0.39 is 0 Å². The minimum absolute atomic E-state index is 1.11. The van der Waals surface area contributed by atoms with Crippen molar-refractivity contribution in [2.24, 2.45) is 7.05 Å². The summed E-state index contributed by atoms with van der Waals surface area (Å²) in [6, 6.07) is 17.7. The highest BCUT2D eigenvalue weighted by atomic mass is 15.1. The topological polar surface area (TPSA) is 9.86 Å². The molecule has 2 aromatic carbocycles. The van der Waals surface area contributed by atoms with E-state index in [1.165, 1.54) is 71.4 Å². The lowest BCUT2D eigenvalue weighted by molar-refractivity contribution is 0.568. The number of unbranched alkanes of at least 4 members (excludes halogenated alkanes) is 5. The van der Waals surface area contributed by atoms with Crippen LogP contribution in [-0.2, 0) is 13.6 Å². The third-order valence-corrected chi connectivity index (χ3v) is 5.53. The van der Waals surface area contributed by atoms with E-state index in [0.717, 1.165) is 6.54 Å². The van der Waals surface area contributed by atoms with Gasteiger partial charge in [-0.3, -0.25) is 0 Å². The predicted octanol–water partition coefficient (Wildman–Crippen LogP) is 6.65. The fourth-order valence-corrected chi connectivity index (χ4v) is 4.27. The number of fused-ring (bicyclic) bond motifs is 5. The molecule has 0 bridgehead atoms. The van der Waals surface area contributed by atoms with Gasteiger partial charge in [0.25, 0.3) is 0 Å². The number of rotatable bonds is 7. The third kappa shape index (κ3) is 2.74. The molecule has 4 rings (SSSR count). The van der Waals surface area contributed by atoms with Gasteiger partial charge < -0.3 is 9.13 Å². The third-order valence-electron chi connectivity index (χ3n) is 5.53. The van der Waals surface area contributed by atoms with Crippen molar-refractivity contribution in [3.05, 3.63) is 48.5 Å². The minimum atomic E-state index is 1.11. The lowest BCUT2D eigenvalue weighted by Crippen LogP contribution is -2.02. The summed E-state index contributed by atoms with van der Waals surface area (Å²) in [6.07, 6.45) is 8.04. The van der Waals surface area contributed by atoms with Gasteiger partial charge in [-0.25, -0.2) is 0 Å². The van der Waals surface area contributed by atoms with Crippen LogP contribution in [0.2, 0.25) is 0 Å². The summed E-state index contributed by atoms with van der Waals surface area (Å²) >= 11 is 0. The average molecular weight is 332 g/mol. The molecule has 2 aromatic heterocycles. The molecule has 0 spiro atoms. The molecule has 25 heavy (non-hydrogen) atoms. The molecule has 0 N–H and O–H groups in total. The van der Waals surface area contributed by atoms with Gasteiger partial charge in [0.15, 0.2) is 0 Å². The van der Waals surface area contributed by atoms with Gasteiger partial charge in [-0.05, 0) is 18.6 Å². The largest absolute Gasteiger partial charge is 0.330 e.